The number of hydrogen-bond donors (Lipinski definition) is 5. The molecule has 5 N–H and O–H groups in total. The summed E-state index contributed by atoms with van der Waals surface area (Å²) in [5, 5.41) is 27.9. The number of amides is 1. The molecule has 2 aromatic carbocycles. The van der Waals surface area contributed by atoms with Gasteiger partial charge in [0.15, 0.2) is 0 Å². The molecule has 0 spiro atoms. The topological polar surface area (TPSA) is 127 Å². The molecule has 1 atom stereocenters. The molecule has 3 aromatic rings. The first-order valence-electron chi connectivity index (χ1n) is 12.5. The normalized spacial score (nSPS) is 15.0. The molecule has 0 bridgehead atoms. The maximum Gasteiger partial charge on any atom is 0.248 e. The number of H-pyrrole nitrogens is 1. The van der Waals surface area contributed by atoms with Crippen molar-refractivity contribution in [2.75, 3.05) is 38.6 Å². The Morgan fingerprint density at radius 1 is 1.19 bits per heavy atom. The van der Waals surface area contributed by atoms with Gasteiger partial charge in [0.25, 0.3) is 0 Å². The van der Waals surface area contributed by atoms with Crippen LogP contribution in [-0.4, -0.2) is 59.3 Å². The molecule has 9 nitrogen and oxygen atoms in total. The van der Waals surface area contributed by atoms with Gasteiger partial charge in [-0.15, -0.1) is 0 Å². The minimum atomic E-state index is -0.895. The first-order valence-corrected chi connectivity index (χ1v) is 12.9. The standard InChI is InChI=1S/C27H33ClN4O5/c1-37-24-14-21(30-26(36)9-12-32-10-3-2-4-11-32)20(28)13-17(24)15-29-16-23(34)18-5-7-22(33)27-19(18)6-8-25(35)31-27/h5-8,13-14,23,29,33-34H,2-4,9-12,15-16H2,1H3,(H,30,36)(H,31,35). The van der Waals surface area contributed by atoms with Crippen molar-refractivity contribution in [3.8, 4) is 11.5 Å². The smallest absolute Gasteiger partial charge is 0.248 e. The van der Waals surface area contributed by atoms with Crippen molar-refractivity contribution in [1.82, 2.24) is 15.2 Å². The van der Waals surface area contributed by atoms with Gasteiger partial charge >= 0.3 is 0 Å². The third-order valence-electron chi connectivity index (χ3n) is 6.67. The Hall–Kier alpha value is -3.11. The van der Waals surface area contributed by atoms with E-state index in [0.717, 1.165) is 25.2 Å². The number of aliphatic hydroxyl groups is 1. The highest BCUT2D eigenvalue weighted by molar-refractivity contribution is 6.33. The molecule has 4 rings (SSSR count). The van der Waals surface area contributed by atoms with Crippen molar-refractivity contribution >= 4 is 34.1 Å². The van der Waals surface area contributed by atoms with Gasteiger partial charge in [-0.2, -0.15) is 0 Å². The Bertz CT molecular complexity index is 1310. The van der Waals surface area contributed by atoms with E-state index in [4.69, 9.17) is 16.3 Å². The molecular formula is C27H33ClN4O5. The van der Waals surface area contributed by atoms with E-state index in [1.54, 1.807) is 31.4 Å². The van der Waals surface area contributed by atoms with Gasteiger partial charge in [0.05, 0.1) is 29.4 Å². The molecule has 0 radical (unpaired) electrons. The van der Waals surface area contributed by atoms with Gasteiger partial charge in [-0.3, -0.25) is 9.59 Å². The number of pyridine rings is 1. The molecule has 0 aliphatic carbocycles. The van der Waals surface area contributed by atoms with Crippen molar-refractivity contribution in [2.24, 2.45) is 0 Å². The van der Waals surface area contributed by atoms with Gasteiger partial charge in [-0.05, 0) is 49.7 Å². The van der Waals surface area contributed by atoms with Crippen LogP contribution in [-0.2, 0) is 11.3 Å². The molecule has 1 aliphatic rings. The SMILES string of the molecule is COc1cc(NC(=O)CCN2CCCCC2)c(Cl)cc1CNCC(O)c1ccc(O)c2[nH]c(=O)ccc12. The van der Waals surface area contributed by atoms with Crippen LogP contribution < -0.4 is 20.9 Å². The number of likely N-dealkylation sites (tertiary alicyclic amines) is 1. The van der Waals surface area contributed by atoms with Gasteiger partial charge in [-0.1, -0.05) is 24.1 Å². The summed E-state index contributed by atoms with van der Waals surface area (Å²) in [6.45, 7) is 3.38. The van der Waals surface area contributed by atoms with E-state index in [0.29, 0.717) is 40.4 Å². The Morgan fingerprint density at radius 3 is 2.73 bits per heavy atom. The zero-order chi connectivity index (χ0) is 26.4. The van der Waals surface area contributed by atoms with Gasteiger partial charge in [-0.25, -0.2) is 0 Å². The van der Waals surface area contributed by atoms with Crippen molar-refractivity contribution in [1.29, 1.82) is 0 Å². The number of aromatic amines is 1. The molecule has 1 fully saturated rings. The third-order valence-corrected chi connectivity index (χ3v) is 6.98. The van der Waals surface area contributed by atoms with Crippen LogP contribution in [0.25, 0.3) is 10.9 Å². The minimum Gasteiger partial charge on any atom is -0.506 e. The molecule has 37 heavy (non-hydrogen) atoms. The molecule has 1 aliphatic heterocycles. The van der Waals surface area contributed by atoms with Crippen LogP contribution in [0.15, 0.2) is 41.2 Å². The minimum absolute atomic E-state index is 0.0605. The number of halogens is 1. The first-order chi connectivity index (χ1) is 17.9. The predicted molar refractivity (Wildman–Crippen MR) is 144 cm³/mol. The Morgan fingerprint density at radius 2 is 1.97 bits per heavy atom. The van der Waals surface area contributed by atoms with Gasteiger partial charge in [0.1, 0.15) is 11.5 Å². The first kappa shape index (κ1) is 26.9. The second kappa shape index (κ2) is 12.4. The molecule has 198 valence electrons. The summed E-state index contributed by atoms with van der Waals surface area (Å²) >= 11 is 6.47. The number of rotatable bonds is 10. The lowest BCUT2D eigenvalue weighted by atomic mass is 10.0. The lowest BCUT2D eigenvalue weighted by Gasteiger charge is -2.26. The highest BCUT2D eigenvalue weighted by Crippen LogP contribution is 2.32. The summed E-state index contributed by atoms with van der Waals surface area (Å²) in [6.07, 6.45) is 3.13. The van der Waals surface area contributed by atoms with Gasteiger partial charge in [0, 0.05) is 49.1 Å². The lowest BCUT2D eigenvalue weighted by Crippen LogP contribution is -2.32. The number of nitrogens with one attached hydrogen (secondary N) is 3. The molecule has 1 unspecified atom stereocenters. The van der Waals surface area contributed by atoms with Gasteiger partial charge < -0.3 is 35.5 Å². The van der Waals surface area contributed by atoms with E-state index in [2.05, 4.69) is 20.5 Å². The number of aromatic hydroxyl groups is 1. The maximum absolute atomic E-state index is 12.5. The summed E-state index contributed by atoms with van der Waals surface area (Å²) in [7, 11) is 1.55. The molecule has 1 saturated heterocycles. The van der Waals surface area contributed by atoms with E-state index in [1.807, 2.05) is 0 Å². The number of carbonyl (C=O) groups excluding carboxylic acids is 1. The van der Waals surface area contributed by atoms with E-state index < -0.39 is 6.10 Å². The Kier molecular flexibility index (Phi) is 9.04. The summed E-state index contributed by atoms with van der Waals surface area (Å²) in [4.78, 5) is 29.0. The predicted octanol–water partition coefficient (Wildman–Crippen LogP) is 3.53. The molecule has 1 aromatic heterocycles. The second-order valence-corrected chi connectivity index (χ2v) is 9.68. The average molecular weight is 529 g/mol. The zero-order valence-corrected chi connectivity index (χ0v) is 21.6. The summed E-state index contributed by atoms with van der Waals surface area (Å²) < 4.78 is 5.52. The van der Waals surface area contributed by atoms with Crippen molar-refractivity contribution in [2.45, 2.75) is 38.3 Å². The summed E-state index contributed by atoms with van der Waals surface area (Å²) in [5.41, 5.74) is 1.79. The van der Waals surface area contributed by atoms with Crippen molar-refractivity contribution < 1.29 is 19.7 Å². The number of anilines is 1. The fourth-order valence-corrected chi connectivity index (χ4v) is 4.91. The third kappa shape index (κ3) is 6.81. The van der Waals surface area contributed by atoms with Crippen LogP contribution in [0.2, 0.25) is 5.02 Å². The highest BCUT2D eigenvalue weighted by Gasteiger charge is 2.17. The fraction of sp³-hybridized carbons (Fsp3) is 0.407. The number of nitrogens with zero attached hydrogens (tertiary/aromatic N) is 1. The van der Waals surface area contributed by atoms with E-state index in [1.165, 1.54) is 31.4 Å². The van der Waals surface area contributed by atoms with Gasteiger partial charge in [0.2, 0.25) is 11.5 Å². The monoisotopic (exact) mass is 528 g/mol. The number of hydrogen-bond acceptors (Lipinski definition) is 7. The molecule has 10 heteroatoms. The molecule has 0 saturated carbocycles. The zero-order valence-electron chi connectivity index (χ0n) is 20.8. The van der Waals surface area contributed by atoms with Crippen LogP contribution >= 0.6 is 11.6 Å². The number of phenolic OH excluding ortho intramolecular Hbond substituents is 1. The number of methoxy groups -OCH3 is 1. The molecule has 1 amide bonds. The van der Waals surface area contributed by atoms with Crippen LogP contribution in [0.4, 0.5) is 5.69 Å². The molecular weight excluding hydrogens is 496 g/mol. The van der Waals surface area contributed by atoms with Crippen molar-refractivity contribution in [3.05, 3.63) is 62.9 Å². The van der Waals surface area contributed by atoms with E-state index in [9.17, 15) is 19.8 Å². The van der Waals surface area contributed by atoms with Crippen LogP contribution in [0.3, 0.4) is 0 Å². The van der Waals surface area contributed by atoms with E-state index >= 15 is 0 Å². The highest BCUT2D eigenvalue weighted by atomic mass is 35.5. The fourth-order valence-electron chi connectivity index (χ4n) is 4.68. The number of ether oxygens (including phenoxy) is 1. The maximum atomic E-state index is 12.5. The number of aromatic nitrogens is 1. The van der Waals surface area contributed by atoms with Crippen LogP contribution in [0, 0.1) is 0 Å². The number of benzene rings is 2. The number of aliphatic hydroxyl groups excluding tert-OH is 1. The number of carbonyl (C=O) groups is 1. The summed E-state index contributed by atoms with van der Waals surface area (Å²) in [6, 6.07) is 9.45. The average Bonchev–Trinajstić information content (AvgIpc) is 2.90. The number of fused-ring (bicyclic) bond motifs is 1. The Labute approximate surface area is 220 Å². The molecule has 2 heterocycles. The number of piperidine rings is 1. The van der Waals surface area contributed by atoms with Crippen LogP contribution in [0.5, 0.6) is 11.5 Å². The lowest BCUT2D eigenvalue weighted by molar-refractivity contribution is -0.116. The number of phenols is 1. The van der Waals surface area contributed by atoms with Crippen molar-refractivity contribution in [3.63, 3.8) is 0 Å². The quantitative estimate of drug-likeness (QED) is 0.272. The largest absolute Gasteiger partial charge is 0.506 e. The second-order valence-electron chi connectivity index (χ2n) is 9.28. The van der Waals surface area contributed by atoms with E-state index in [-0.39, 0.29) is 29.3 Å². The summed E-state index contributed by atoms with van der Waals surface area (Å²) in [5.74, 6) is 0.408. The van der Waals surface area contributed by atoms with Crippen LogP contribution in [0.1, 0.15) is 42.9 Å². The Balaban J connectivity index is 1.36.